The van der Waals surface area contributed by atoms with E-state index in [1.807, 2.05) is 19.1 Å². The Hall–Kier alpha value is -4.00. The van der Waals surface area contributed by atoms with E-state index in [9.17, 15) is 9.59 Å². The van der Waals surface area contributed by atoms with Gasteiger partial charge in [0.25, 0.3) is 0 Å². The zero-order valence-corrected chi connectivity index (χ0v) is 24.1. The topological polar surface area (TPSA) is 99.7 Å². The summed E-state index contributed by atoms with van der Waals surface area (Å²) < 4.78 is 5.38. The van der Waals surface area contributed by atoms with Crippen molar-refractivity contribution >= 4 is 47.7 Å². The van der Waals surface area contributed by atoms with Crippen molar-refractivity contribution in [2.24, 2.45) is 21.8 Å². The number of hydrogen-bond acceptors (Lipinski definition) is 5. The second-order valence-corrected chi connectivity index (χ2v) is 11.4. The van der Waals surface area contributed by atoms with Crippen molar-refractivity contribution in [2.45, 2.75) is 72.8 Å². The van der Waals surface area contributed by atoms with Crippen molar-refractivity contribution in [1.29, 1.82) is 0 Å². The number of carbonyl (C=O) groups excluding carboxylic acids is 2. The molecule has 0 radical (unpaired) electrons. The first-order valence-corrected chi connectivity index (χ1v) is 14.3. The quantitative estimate of drug-likeness (QED) is 0.422. The maximum Gasteiger partial charge on any atom is 0.347 e. The van der Waals surface area contributed by atoms with E-state index in [4.69, 9.17) is 14.7 Å². The lowest BCUT2D eigenvalue weighted by molar-refractivity contribution is -0.141. The number of nitrogens with one attached hydrogen (secondary N) is 2. The van der Waals surface area contributed by atoms with E-state index >= 15 is 0 Å². The van der Waals surface area contributed by atoms with Gasteiger partial charge in [0, 0.05) is 39.3 Å². The van der Waals surface area contributed by atoms with Gasteiger partial charge in [-0.15, -0.1) is 0 Å². The molecule has 2 N–H and O–H groups in total. The highest BCUT2D eigenvalue weighted by atomic mass is 16.6. The number of esters is 2. The molecule has 0 spiro atoms. The van der Waals surface area contributed by atoms with Crippen molar-refractivity contribution in [3.05, 3.63) is 67.8 Å². The Balaban J connectivity index is 1.70. The molecular weight excluding hydrogens is 500 g/mol. The van der Waals surface area contributed by atoms with Crippen molar-refractivity contribution in [1.82, 2.24) is 9.97 Å². The van der Waals surface area contributed by atoms with E-state index in [0.29, 0.717) is 11.3 Å². The van der Waals surface area contributed by atoms with Crippen LogP contribution >= 0.6 is 0 Å². The number of H-pyrrole nitrogens is 2. The maximum atomic E-state index is 13.4. The average Bonchev–Trinajstić information content (AvgIpc) is 3.58. The fraction of sp³-hybridized carbons (Fsp3) is 0.394. The molecule has 2 unspecified atom stereocenters. The van der Waals surface area contributed by atoms with Crippen LogP contribution in [0.1, 0.15) is 91.3 Å². The summed E-state index contributed by atoms with van der Waals surface area (Å²) in [6.45, 7) is 16.6. The van der Waals surface area contributed by atoms with E-state index < -0.39 is 17.9 Å². The summed E-state index contributed by atoms with van der Waals surface area (Å²) in [5, 5.41) is 1.93. The molecule has 4 atom stereocenters. The van der Waals surface area contributed by atoms with E-state index in [2.05, 4.69) is 63.3 Å². The summed E-state index contributed by atoms with van der Waals surface area (Å²) in [5.41, 5.74) is 9.68. The van der Waals surface area contributed by atoms with Gasteiger partial charge in [-0.3, -0.25) is 9.79 Å². The summed E-state index contributed by atoms with van der Waals surface area (Å²) in [6, 6.07) is -0.336. The molecule has 0 aromatic carbocycles. The number of cyclic esters (lactones) is 2. The largest absolute Gasteiger partial charge is 0.389 e. The third-order valence-electron chi connectivity index (χ3n) is 9.26. The highest BCUT2D eigenvalue weighted by molar-refractivity contribution is 6.23. The van der Waals surface area contributed by atoms with E-state index in [1.165, 1.54) is 0 Å². The molecular formula is C33H36N4O3. The Morgan fingerprint density at radius 1 is 1.05 bits per heavy atom. The fourth-order valence-corrected chi connectivity index (χ4v) is 6.99. The van der Waals surface area contributed by atoms with Crippen LogP contribution in [0.15, 0.2) is 33.4 Å². The number of nitrogens with zero attached hydrogens (tertiary/aromatic N) is 2. The van der Waals surface area contributed by atoms with Gasteiger partial charge in [0.05, 0.1) is 23.0 Å². The van der Waals surface area contributed by atoms with Gasteiger partial charge < -0.3 is 14.7 Å². The van der Waals surface area contributed by atoms with Crippen LogP contribution in [0, 0.1) is 25.7 Å². The molecule has 6 heterocycles. The Bertz CT molecular complexity index is 1740. The zero-order valence-electron chi connectivity index (χ0n) is 24.1. The SMILES string of the molecule is C=Cc1c(C)/c2[nH]c1=CC1=NC(=Cc3[nH]c4c(c3C)C(=O)OC(=O)C4C3N=C(\C=2)[C@@H](C)[C@@H]3CCC)C(CC)=C1C. The van der Waals surface area contributed by atoms with E-state index in [-0.39, 0.29) is 17.9 Å². The van der Waals surface area contributed by atoms with Crippen molar-refractivity contribution in [3.8, 4) is 0 Å². The third-order valence-corrected chi connectivity index (χ3v) is 9.26. The molecule has 206 valence electrons. The minimum absolute atomic E-state index is 0.132. The minimum Gasteiger partial charge on any atom is -0.389 e. The second-order valence-electron chi connectivity index (χ2n) is 11.4. The molecule has 4 aliphatic rings. The Kier molecular flexibility index (Phi) is 6.28. The van der Waals surface area contributed by atoms with Crippen molar-refractivity contribution in [3.63, 3.8) is 0 Å². The van der Waals surface area contributed by atoms with Gasteiger partial charge in [0.1, 0.15) is 5.92 Å². The molecule has 40 heavy (non-hydrogen) atoms. The first kappa shape index (κ1) is 26.2. The fourth-order valence-electron chi connectivity index (χ4n) is 6.99. The van der Waals surface area contributed by atoms with Gasteiger partial charge in [0.15, 0.2) is 0 Å². The second kappa shape index (κ2) is 9.58. The first-order valence-electron chi connectivity index (χ1n) is 14.3. The normalized spacial score (nSPS) is 26.1. The summed E-state index contributed by atoms with van der Waals surface area (Å²) in [4.78, 5) is 43.8. The Morgan fingerprint density at radius 3 is 2.52 bits per heavy atom. The molecule has 0 amide bonds. The van der Waals surface area contributed by atoms with Crippen LogP contribution < -0.4 is 10.7 Å². The van der Waals surface area contributed by atoms with Gasteiger partial charge in [-0.1, -0.05) is 39.8 Å². The number of rotatable bonds is 4. The molecule has 2 aromatic heterocycles. The summed E-state index contributed by atoms with van der Waals surface area (Å²) in [7, 11) is 0. The highest BCUT2D eigenvalue weighted by Crippen LogP contribution is 2.44. The third kappa shape index (κ3) is 3.78. The Labute approximate surface area is 234 Å². The predicted octanol–water partition coefficient (Wildman–Crippen LogP) is 5.06. The highest BCUT2D eigenvalue weighted by Gasteiger charge is 2.49. The average molecular weight is 537 g/mol. The van der Waals surface area contributed by atoms with Crippen LogP contribution in [0.25, 0.3) is 24.3 Å². The zero-order chi connectivity index (χ0) is 28.5. The van der Waals surface area contributed by atoms with Gasteiger partial charge in [-0.2, -0.15) is 0 Å². The van der Waals surface area contributed by atoms with Crippen LogP contribution in [0.4, 0.5) is 0 Å². The summed E-state index contributed by atoms with van der Waals surface area (Å²) in [6.07, 6.45) is 10.8. The smallest absolute Gasteiger partial charge is 0.347 e. The molecule has 7 nitrogen and oxygen atoms in total. The number of aromatic nitrogens is 2. The molecule has 6 rings (SSSR count). The lowest BCUT2D eigenvalue weighted by Crippen LogP contribution is -2.37. The molecule has 0 saturated carbocycles. The minimum atomic E-state index is -0.681. The van der Waals surface area contributed by atoms with E-state index in [0.717, 1.165) is 80.6 Å². The van der Waals surface area contributed by atoms with Crippen LogP contribution in [0.5, 0.6) is 0 Å². The molecule has 7 heteroatoms. The maximum absolute atomic E-state index is 13.4. The lowest BCUT2D eigenvalue weighted by atomic mass is 9.77. The number of hydrogen-bond donors (Lipinski definition) is 2. The number of fused-ring (bicyclic) bond motifs is 6. The molecule has 0 aliphatic carbocycles. The summed E-state index contributed by atoms with van der Waals surface area (Å²) >= 11 is 0. The molecule has 0 saturated heterocycles. The number of allylic oxidation sites excluding steroid dienone is 2. The number of aliphatic imine (C=N–C) groups is 2. The van der Waals surface area contributed by atoms with Crippen LogP contribution in [-0.4, -0.2) is 39.4 Å². The number of aromatic amines is 2. The molecule has 4 aliphatic heterocycles. The lowest BCUT2D eigenvalue weighted by Gasteiger charge is -2.29. The van der Waals surface area contributed by atoms with Gasteiger partial charge >= 0.3 is 11.9 Å². The monoisotopic (exact) mass is 536 g/mol. The first-order chi connectivity index (χ1) is 19.2. The van der Waals surface area contributed by atoms with E-state index in [1.54, 1.807) is 0 Å². The standard InChI is InChI=1S/C33H36N4O3/c1-8-11-21-17(6)24-12-22-15(4)19(9-2)26(34-22)13-23-16(5)20(10-3)27(35-23)14-25-18(7)28-31(37-25)29(30(21)36-24)33(39)40-32(28)38/h9,12-14,17,21,29-30,34,37H,2,8,10-11H2,1,3-7H3/b22-12-,26-13?,27-14?/t17-,21-,29?,30?/m0/s1. The van der Waals surface area contributed by atoms with Gasteiger partial charge in [-0.05, 0) is 80.0 Å². The summed E-state index contributed by atoms with van der Waals surface area (Å²) in [5.74, 6) is -1.55. The van der Waals surface area contributed by atoms with Gasteiger partial charge in [0.2, 0.25) is 0 Å². The predicted molar refractivity (Wildman–Crippen MR) is 160 cm³/mol. The van der Waals surface area contributed by atoms with Crippen LogP contribution in [-0.2, 0) is 9.53 Å². The molecule has 2 aromatic rings. The van der Waals surface area contributed by atoms with Crippen molar-refractivity contribution < 1.29 is 14.3 Å². The number of ether oxygens (including phenoxy) is 1. The van der Waals surface area contributed by atoms with Crippen LogP contribution in [0.2, 0.25) is 0 Å². The molecule has 0 fully saturated rings. The molecule has 8 bridgehead atoms. The van der Waals surface area contributed by atoms with Gasteiger partial charge in [-0.25, -0.2) is 9.79 Å². The Morgan fingerprint density at radius 2 is 1.82 bits per heavy atom. The van der Waals surface area contributed by atoms with Crippen LogP contribution in [0.3, 0.4) is 0 Å². The number of carbonyl (C=O) groups is 2. The van der Waals surface area contributed by atoms with Crippen molar-refractivity contribution in [2.75, 3.05) is 0 Å².